The lowest BCUT2D eigenvalue weighted by molar-refractivity contribution is 0.0963. The topological polar surface area (TPSA) is 85.8 Å². The molecule has 0 aromatic heterocycles. The van der Waals surface area contributed by atoms with Gasteiger partial charge in [0.15, 0.2) is 5.96 Å². The predicted molar refractivity (Wildman–Crippen MR) is 93.8 cm³/mol. The lowest BCUT2D eigenvalue weighted by Gasteiger charge is -2.12. The highest BCUT2D eigenvalue weighted by Crippen LogP contribution is 2.05. The van der Waals surface area contributed by atoms with Crippen molar-refractivity contribution < 1.29 is 9.90 Å². The molecule has 23 heavy (non-hydrogen) atoms. The fraction of sp³-hybridized carbons (Fsp3) is 0.529. The van der Waals surface area contributed by atoms with Crippen LogP contribution < -0.4 is 16.0 Å². The highest BCUT2D eigenvalue weighted by molar-refractivity contribution is 5.94. The van der Waals surface area contributed by atoms with Crippen LogP contribution in [0.4, 0.5) is 0 Å². The van der Waals surface area contributed by atoms with Crippen LogP contribution in [-0.4, -0.2) is 50.3 Å². The molecule has 128 valence electrons. The van der Waals surface area contributed by atoms with Crippen LogP contribution in [0.3, 0.4) is 0 Å². The summed E-state index contributed by atoms with van der Waals surface area (Å²) in [4.78, 5) is 16.1. The number of hydrogen-bond donors (Lipinski definition) is 4. The molecular weight excluding hydrogens is 292 g/mol. The van der Waals surface area contributed by atoms with Crippen molar-refractivity contribution in [3.05, 3.63) is 35.4 Å². The zero-order valence-corrected chi connectivity index (χ0v) is 14.2. The summed E-state index contributed by atoms with van der Waals surface area (Å²) >= 11 is 0. The first-order chi connectivity index (χ1) is 11.1. The van der Waals surface area contributed by atoms with Gasteiger partial charge < -0.3 is 21.1 Å². The molecule has 0 saturated carbocycles. The molecule has 1 aromatic carbocycles. The Morgan fingerprint density at radius 3 is 2.78 bits per heavy atom. The molecule has 0 spiro atoms. The molecule has 6 nitrogen and oxygen atoms in total. The van der Waals surface area contributed by atoms with Crippen molar-refractivity contribution in [2.75, 3.05) is 33.3 Å². The summed E-state index contributed by atoms with van der Waals surface area (Å²) in [5.41, 5.74) is 1.76. The van der Waals surface area contributed by atoms with E-state index in [-0.39, 0.29) is 18.4 Å². The number of rotatable bonds is 8. The maximum atomic E-state index is 11.6. The van der Waals surface area contributed by atoms with E-state index in [1.54, 1.807) is 13.1 Å². The van der Waals surface area contributed by atoms with Crippen molar-refractivity contribution in [2.24, 2.45) is 10.9 Å². The summed E-state index contributed by atoms with van der Waals surface area (Å²) < 4.78 is 0. The lowest BCUT2D eigenvalue weighted by atomic mass is 10.1. The third-order valence-corrected chi connectivity index (χ3v) is 3.34. The zero-order chi connectivity index (χ0) is 17.1. The predicted octanol–water partition coefficient (Wildman–Crippen LogP) is 0.772. The lowest BCUT2D eigenvalue weighted by Crippen LogP contribution is -2.38. The second-order valence-electron chi connectivity index (χ2n) is 5.46. The molecule has 0 heterocycles. The fourth-order valence-electron chi connectivity index (χ4n) is 1.98. The Morgan fingerprint density at radius 1 is 1.35 bits per heavy atom. The zero-order valence-electron chi connectivity index (χ0n) is 14.2. The monoisotopic (exact) mass is 320 g/mol. The summed E-state index contributed by atoms with van der Waals surface area (Å²) in [6.45, 7) is 6.19. The van der Waals surface area contributed by atoms with Gasteiger partial charge in [0.1, 0.15) is 0 Å². The number of nitrogens with one attached hydrogen (secondary N) is 3. The summed E-state index contributed by atoms with van der Waals surface area (Å²) in [6, 6.07) is 7.60. The van der Waals surface area contributed by atoms with Crippen molar-refractivity contribution in [2.45, 2.75) is 20.3 Å². The number of hydrogen-bond acceptors (Lipinski definition) is 3. The second-order valence-corrected chi connectivity index (χ2v) is 5.46. The summed E-state index contributed by atoms with van der Waals surface area (Å²) in [5.74, 6) is 0.817. The standard InChI is InChI=1S/C17H28N4O2/c1-4-19-17(21-11-13(2)12-22)20-9-8-14-6-5-7-15(10-14)16(23)18-3/h5-7,10,13,22H,4,8-9,11-12H2,1-3H3,(H,18,23)(H2,19,20,21). The van der Waals surface area contributed by atoms with E-state index in [1.807, 2.05) is 32.0 Å². The van der Waals surface area contributed by atoms with E-state index in [0.717, 1.165) is 31.0 Å². The first-order valence-electron chi connectivity index (χ1n) is 8.04. The maximum absolute atomic E-state index is 11.6. The van der Waals surface area contributed by atoms with E-state index in [4.69, 9.17) is 5.11 Å². The Kier molecular flexibility index (Phi) is 8.75. The third kappa shape index (κ3) is 7.15. The Labute approximate surface area is 138 Å². The SMILES string of the molecule is CCNC(=NCC(C)CO)NCCc1cccc(C(=O)NC)c1. The number of aliphatic hydroxyl groups is 1. The molecule has 0 aliphatic carbocycles. The minimum absolute atomic E-state index is 0.0762. The van der Waals surface area contributed by atoms with Gasteiger partial charge in [-0.3, -0.25) is 9.79 Å². The van der Waals surface area contributed by atoms with Gasteiger partial charge in [-0.2, -0.15) is 0 Å². The molecule has 1 unspecified atom stereocenters. The number of amides is 1. The molecule has 1 aromatic rings. The average molecular weight is 320 g/mol. The largest absolute Gasteiger partial charge is 0.396 e. The van der Waals surface area contributed by atoms with E-state index in [1.165, 1.54) is 0 Å². The quantitative estimate of drug-likeness (QED) is 0.421. The number of nitrogens with zero attached hydrogens (tertiary/aromatic N) is 1. The van der Waals surface area contributed by atoms with Gasteiger partial charge in [0.05, 0.1) is 0 Å². The van der Waals surface area contributed by atoms with Crippen LogP contribution >= 0.6 is 0 Å². The van der Waals surface area contributed by atoms with Crippen molar-refractivity contribution in [1.29, 1.82) is 0 Å². The Hall–Kier alpha value is -2.08. The first kappa shape index (κ1) is 19.0. The normalized spacial score (nSPS) is 12.6. The van der Waals surface area contributed by atoms with Crippen molar-refractivity contribution >= 4 is 11.9 Å². The first-order valence-corrected chi connectivity index (χ1v) is 8.04. The number of aliphatic hydroxyl groups excluding tert-OH is 1. The number of guanidine groups is 1. The van der Waals surface area contributed by atoms with Crippen LogP contribution in [0.1, 0.15) is 29.8 Å². The van der Waals surface area contributed by atoms with Crippen LogP contribution in [0, 0.1) is 5.92 Å². The highest BCUT2D eigenvalue weighted by atomic mass is 16.3. The Morgan fingerprint density at radius 2 is 2.13 bits per heavy atom. The van der Waals surface area contributed by atoms with Crippen molar-refractivity contribution in [1.82, 2.24) is 16.0 Å². The van der Waals surface area contributed by atoms with Crippen molar-refractivity contribution in [3.63, 3.8) is 0 Å². The molecular formula is C17H28N4O2. The van der Waals surface area contributed by atoms with Gasteiger partial charge in [-0.25, -0.2) is 0 Å². The number of aliphatic imine (C=N–C) groups is 1. The summed E-state index contributed by atoms with van der Waals surface area (Å²) in [7, 11) is 1.63. The molecule has 1 atom stereocenters. The fourth-order valence-corrected chi connectivity index (χ4v) is 1.98. The van der Waals surface area contributed by atoms with Gasteiger partial charge in [0.2, 0.25) is 0 Å². The Bertz CT molecular complexity index is 517. The molecule has 1 amide bonds. The van der Waals surface area contributed by atoms with E-state index in [2.05, 4.69) is 20.9 Å². The summed E-state index contributed by atoms with van der Waals surface area (Å²) in [6.07, 6.45) is 0.796. The van der Waals surface area contributed by atoms with Crippen LogP contribution in [-0.2, 0) is 6.42 Å². The Balaban J connectivity index is 2.54. The number of carbonyl (C=O) groups is 1. The van der Waals surface area contributed by atoms with Crippen molar-refractivity contribution in [3.8, 4) is 0 Å². The minimum Gasteiger partial charge on any atom is -0.396 e. The second kappa shape index (κ2) is 10.6. The highest BCUT2D eigenvalue weighted by Gasteiger charge is 2.04. The molecule has 0 saturated heterocycles. The number of benzene rings is 1. The van der Waals surface area contributed by atoms with Gasteiger partial charge in [-0.1, -0.05) is 19.1 Å². The van der Waals surface area contributed by atoms with E-state index >= 15 is 0 Å². The molecule has 0 bridgehead atoms. The molecule has 6 heteroatoms. The maximum Gasteiger partial charge on any atom is 0.251 e. The minimum atomic E-state index is -0.0762. The van der Waals surface area contributed by atoms with Gasteiger partial charge in [-0.15, -0.1) is 0 Å². The molecule has 0 aliphatic heterocycles. The molecule has 4 N–H and O–H groups in total. The van der Waals surface area contributed by atoms with Crippen LogP contribution in [0.2, 0.25) is 0 Å². The molecule has 0 aliphatic rings. The third-order valence-electron chi connectivity index (χ3n) is 3.34. The van der Waals surface area contributed by atoms with E-state index < -0.39 is 0 Å². The number of carbonyl (C=O) groups excluding carboxylic acids is 1. The molecule has 0 fully saturated rings. The summed E-state index contributed by atoms with van der Waals surface area (Å²) in [5, 5.41) is 18.1. The average Bonchev–Trinajstić information content (AvgIpc) is 2.58. The van der Waals surface area contributed by atoms with Crippen LogP contribution in [0.15, 0.2) is 29.3 Å². The van der Waals surface area contributed by atoms with Gasteiger partial charge >= 0.3 is 0 Å². The van der Waals surface area contributed by atoms with E-state index in [9.17, 15) is 4.79 Å². The van der Waals surface area contributed by atoms with Gasteiger partial charge in [-0.05, 0) is 37.0 Å². The van der Waals surface area contributed by atoms with Crippen LogP contribution in [0.5, 0.6) is 0 Å². The van der Waals surface area contributed by atoms with Crippen LogP contribution in [0.25, 0.3) is 0 Å². The van der Waals surface area contributed by atoms with Gasteiger partial charge in [0.25, 0.3) is 5.91 Å². The molecule has 0 radical (unpaired) electrons. The van der Waals surface area contributed by atoms with Gasteiger partial charge in [0, 0.05) is 38.9 Å². The van der Waals surface area contributed by atoms with E-state index in [0.29, 0.717) is 12.1 Å². The smallest absolute Gasteiger partial charge is 0.251 e. The molecule has 1 rings (SSSR count).